The second-order valence-electron chi connectivity index (χ2n) is 12.2. The Labute approximate surface area is 264 Å². The number of aryl methyl sites for hydroxylation is 1. The summed E-state index contributed by atoms with van der Waals surface area (Å²) in [4.78, 5) is 28.1. The number of hydrogen-bond donors (Lipinski definition) is 2. The van der Waals surface area contributed by atoms with Crippen molar-refractivity contribution in [1.82, 2.24) is 19.9 Å². The third kappa shape index (κ3) is 7.99. The summed E-state index contributed by atoms with van der Waals surface area (Å²) in [7, 11) is -3.49. The molecule has 1 saturated heterocycles. The van der Waals surface area contributed by atoms with E-state index in [1.54, 1.807) is 29.4 Å². The minimum absolute atomic E-state index is 0.0339. The Balaban J connectivity index is 1.40. The summed E-state index contributed by atoms with van der Waals surface area (Å²) in [5.41, 5.74) is 1.97. The molecule has 0 aliphatic carbocycles. The topological polar surface area (TPSA) is 136 Å². The van der Waals surface area contributed by atoms with E-state index in [2.05, 4.69) is 20.0 Å². The second-order valence-corrected chi connectivity index (χ2v) is 14.0. The summed E-state index contributed by atoms with van der Waals surface area (Å²) in [5, 5.41) is 4.86. The van der Waals surface area contributed by atoms with Crippen LogP contribution >= 0.6 is 0 Å². The maximum Gasteiger partial charge on any atom is 0.410 e. The van der Waals surface area contributed by atoms with Gasteiger partial charge < -0.3 is 19.7 Å². The Morgan fingerprint density at radius 3 is 2.60 bits per heavy atom. The van der Waals surface area contributed by atoms with Crippen LogP contribution in [0.5, 0.6) is 11.6 Å². The molecule has 2 aromatic carbocycles. The molecule has 0 radical (unpaired) electrons. The van der Waals surface area contributed by atoms with Crippen molar-refractivity contribution in [3.63, 3.8) is 0 Å². The van der Waals surface area contributed by atoms with Gasteiger partial charge in [-0.2, -0.15) is 0 Å². The molecule has 11 nitrogen and oxygen atoms in total. The number of carbonyl (C=O) groups excluding carboxylic acids is 1. The van der Waals surface area contributed by atoms with Crippen LogP contribution in [0.25, 0.3) is 22.0 Å². The Morgan fingerprint density at radius 2 is 1.84 bits per heavy atom. The number of hydrogen-bond acceptors (Lipinski definition) is 9. The number of carbonyl (C=O) groups is 1. The van der Waals surface area contributed by atoms with Gasteiger partial charge in [0.2, 0.25) is 21.9 Å². The Morgan fingerprint density at radius 1 is 1.07 bits per heavy atom. The quantitative estimate of drug-likeness (QED) is 0.205. The van der Waals surface area contributed by atoms with E-state index in [4.69, 9.17) is 14.5 Å². The van der Waals surface area contributed by atoms with Gasteiger partial charge in [-0.25, -0.2) is 28.2 Å². The van der Waals surface area contributed by atoms with Crippen LogP contribution in [0, 0.1) is 6.92 Å². The van der Waals surface area contributed by atoms with Crippen molar-refractivity contribution in [3.05, 3.63) is 66.5 Å². The minimum Gasteiger partial charge on any atom is -0.444 e. The summed E-state index contributed by atoms with van der Waals surface area (Å²) in [6.45, 7) is 10.4. The van der Waals surface area contributed by atoms with E-state index in [-0.39, 0.29) is 17.9 Å². The van der Waals surface area contributed by atoms with Crippen LogP contribution in [-0.2, 0) is 14.8 Å². The zero-order valence-electron chi connectivity index (χ0n) is 26.3. The lowest BCUT2D eigenvalue weighted by Crippen LogP contribution is -2.47. The van der Waals surface area contributed by atoms with Crippen LogP contribution in [0.15, 0.2) is 60.9 Å². The maximum atomic E-state index is 12.6. The van der Waals surface area contributed by atoms with Crippen LogP contribution < -0.4 is 14.8 Å². The molecule has 238 valence electrons. The molecular weight excluding hydrogens is 592 g/mol. The number of amides is 1. The van der Waals surface area contributed by atoms with E-state index in [0.717, 1.165) is 29.2 Å². The van der Waals surface area contributed by atoms with Crippen LogP contribution in [0.2, 0.25) is 0 Å². The van der Waals surface area contributed by atoms with Crippen molar-refractivity contribution in [2.75, 3.05) is 28.9 Å². The van der Waals surface area contributed by atoms with Crippen LogP contribution in [0.1, 0.15) is 52.5 Å². The molecule has 1 aliphatic rings. The lowest BCUT2D eigenvalue weighted by Gasteiger charge is -2.34. The number of piperidine rings is 1. The standard InChI is InChI=1S/C33H40N6O5S/c1-6-19-45(41,42)38-28-20-22(2)29(25-13-8-7-12-24(25)28)43-30-26(14-9-16-34-30)27-15-17-35-31(37-27)36-23-11-10-18-39(21-23)32(40)44-33(3,4)5/h7-9,12-17,20,23,38H,6,10-11,18-19,21H2,1-5H3,(H,35,36,37). The summed E-state index contributed by atoms with van der Waals surface area (Å²) in [6, 6.07) is 14.7. The maximum absolute atomic E-state index is 12.6. The fourth-order valence-corrected chi connectivity index (χ4v) is 6.45. The molecular formula is C33H40N6O5S. The van der Waals surface area contributed by atoms with E-state index in [1.807, 2.05) is 71.0 Å². The summed E-state index contributed by atoms with van der Waals surface area (Å²) in [5.74, 6) is 1.39. The number of ether oxygens (including phenoxy) is 2. The number of fused-ring (bicyclic) bond motifs is 1. The summed E-state index contributed by atoms with van der Waals surface area (Å²) in [6.07, 6.45) is 5.22. The fraction of sp³-hybridized carbons (Fsp3) is 0.394. The van der Waals surface area contributed by atoms with Crippen molar-refractivity contribution < 1.29 is 22.7 Å². The number of benzene rings is 2. The van der Waals surface area contributed by atoms with E-state index < -0.39 is 15.6 Å². The first-order valence-electron chi connectivity index (χ1n) is 15.2. The number of nitrogens with zero attached hydrogens (tertiary/aromatic N) is 4. The molecule has 4 aromatic rings. The Bertz CT molecular complexity index is 1790. The zero-order chi connectivity index (χ0) is 32.2. The summed E-state index contributed by atoms with van der Waals surface area (Å²) < 4.78 is 40.0. The fourth-order valence-electron chi connectivity index (χ4n) is 5.31. The molecule has 1 aliphatic heterocycles. The number of rotatable bonds is 9. The van der Waals surface area contributed by atoms with Gasteiger partial charge in [0.25, 0.3) is 0 Å². The predicted molar refractivity (Wildman–Crippen MR) is 176 cm³/mol. The van der Waals surface area contributed by atoms with Gasteiger partial charge in [0.05, 0.1) is 22.7 Å². The van der Waals surface area contributed by atoms with Crippen LogP contribution in [-0.4, -0.2) is 64.8 Å². The molecule has 1 fully saturated rings. The van der Waals surface area contributed by atoms with Crippen molar-refractivity contribution in [3.8, 4) is 22.9 Å². The van der Waals surface area contributed by atoms with Gasteiger partial charge in [0.15, 0.2) is 0 Å². The molecule has 5 rings (SSSR count). The molecule has 12 heteroatoms. The van der Waals surface area contributed by atoms with E-state index >= 15 is 0 Å². The normalized spacial score (nSPS) is 15.5. The monoisotopic (exact) mass is 632 g/mol. The van der Waals surface area contributed by atoms with Crippen molar-refractivity contribution >= 4 is 38.5 Å². The molecule has 0 bridgehead atoms. The average molecular weight is 633 g/mol. The second kappa shape index (κ2) is 13.3. The Hall–Kier alpha value is -4.45. The van der Waals surface area contributed by atoms with Gasteiger partial charge in [-0.05, 0) is 76.8 Å². The number of nitrogens with one attached hydrogen (secondary N) is 2. The molecule has 1 amide bonds. The predicted octanol–water partition coefficient (Wildman–Crippen LogP) is 6.76. The van der Waals surface area contributed by atoms with E-state index in [1.165, 1.54) is 0 Å². The molecule has 0 spiro atoms. The first-order chi connectivity index (χ1) is 21.4. The Kier molecular flexibility index (Phi) is 9.42. The third-order valence-corrected chi connectivity index (χ3v) is 8.70. The van der Waals surface area contributed by atoms with Crippen molar-refractivity contribution in [2.45, 2.75) is 65.5 Å². The lowest BCUT2D eigenvalue weighted by atomic mass is 10.0. The molecule has 2 aromatic heterocycles. The highest BCUT2D eigenvalue weighted by atomic mass is 32.2. The molecule has 45 heavy (non-hydrogen) atoms. The lowest BCUT2D eigenvalue weighted by molar-refractivity contribution is 0.0206. The summed E-state index contributed by atoms with van der Waals surface area (Å²) >= 11 is 0. The molecule has 1 unspecified atom stereocenters. The molecule has 0 saturated carbocycles. The SMILES string of the molecule is CCCS(=O)(=O)Nc1cc(C)c(Oc2ncccc2-c2ccnc(NC3CCCN(C(=O)OC(C)(C)C)C3)n2)c2ccccc12. The first kappa shape index (κ1) is 32.0. The van der Waals surface area contributed by atoms with Crippen LogP contribution in [0.4, 0.5) is 16.4 Å². The van der Waals surface area contributed by atoms with Gasteiger partial charge in [-0.3, -0.25) is 4.72 Å². The number of pyridine rings is 1. The van der Waals surface area contributed by atoms with E-state index in [9.17, 15) is 13.2 Å². The number of anilines is 2. The highest BCUT2D eigenvalue weighted by molar-refractivity contribution is 7.92. The van der Waals surface area contributed by atoms with Gasteiger partial charge >= 0.3 is 6.09 Å². The molecule has 2 N–H and O–H groups in total. The highest BCUT2D eigenvalue weighted by Crippen LogP contribution is 2.40. The van der Waals surface area contributed by atoms with Gasteiger partial charge in [-0.15, -0.1) is 0 Å². The third-order valence-electron chi connectivity index (χ3n) is 7.23. The van der Waals surface area contributed by atoms with E-state index in [0.29, 0.717) is 54.0 Å². The number of sulfonamides is 1. The van der Waals surface area contributed by atoms with Gasteiger partial charge in [0, 0.05) is 42.3 Å². The van der Waals surface area contributed by atoms with Crippen molar-refractivity contribution in [1.29, 1.82) is 0 Å². The minimum atomic E-state index is -3.49. The number of aromatic nitrogens is 3. The molecule has 1 atom stereocenters. The zero-order valence-corrected chi connectivity index (χ0v) is 27.1. The molecule has 3 heterocycles. The van der Waals surface area contributed by atoms with Gasteiger partial charge in [-0.1, -0.05) is 31.2 Å². The van der Waals surface area contributed by atoms with Gasteiger partial charge in [0.1, 0.15) is 11.4 Å². The largest absolute Gasteiger partial charge is 0.444 e. The highest BCUT2D eigenvalue weighted by Gasteiger charge is 2.28. The number of likely N-dealkylation sites (tertiary alicyclic amines) is 1. The first-order valence-corrected chi connectivity index (χ1v) is 16.8. The van der Waals surface area contributed by atoms with Crippen LogP contribution in [0.3, 0.4) is 0 Å². The average Bonchev–Trinajstić information content (AvgIpc) is 2.98. The van der Waals surface area contributed by atoms with Crippen molar-refractivity contribution in [2.24, 2.45) is 0 Å². The smallest absolute Gasteiger partial charge is 0.410 e.